The number of rotatable bonds is 1. The third-order valence-corrected chi connectivity index (χ3v) is 3.04. The third kappa shape index (κ3) is 1.77. The number of hydrazine groups is 2. The Morgan fingerprint density at radius 2 is 1.87 bits per heavy atom. The van der Waals surface area contributed by atoms with Crippen LogP contribution in [0.25, 0.3) is 0 Å². The van der Waals surface area contributed by atoms with Gasteiger partial charge in [0.1, 0.15) is 11.4 Å². The average Bonchev–Trinajstić information content (AvgIpc) is 2.47. The fourth-order valence-electron chi connectivity index (χ4n) is 1.43. The molecule has 0 aromatic heterocycles. The maximum absolute atomic E-state index is 3.98. The van der Waals surface area contributed by atoms with E-state index in [0.29, 0.717) is 0 Å². The molecule has 1 N–H and O–H groups in total. The smallest absolute Gasteiger partial charge is 0.231 e. The summed E-state index contributed by atoms with van der Waals surface area (Å²) in [6.07, 6.45) is 0. The summed E-state index contributed by atoms with van der Waals surface area (Å²) in [7, 11) is 0. The van der Waals surface area contributed by atoms with E-state index in [2.05, 4.69) is 28.1 Å². The number of hydrazone groups is 1. The molecule has 0 radical (unpaired) electrons. The number of allylic oxidation sites excluding steroid dienone is 2. The van der Waals surface area contributed by atoms with Crippen molar-refractivity contribution in [1.82, 2.24) is 5.43 Å². The first-order valence-electron chi connectivity index (χ1n) is 4.70. The first-order valence-corrected chi connectivity index (χ1v) is 5.49. The van der Waals surface area contributed by atoms with Crippen molar-refractivity contribution in [3.63, 3.8) is 0 Å². The molecule has 3 nitrogen and oxygen atoms in total. The Morgan fingerprint density at radius 1 is 1.27 bits per heavy atom. The van der Waals surface area contributed by atoms with Gasteiger partial charge in [0.25, 0.3) is 0 Å². The van der Waals surface area contributed by atoms with Gasteiger partial charge >= 0.3 is 0 Å². The van der Waals surface area contributed by atoms with E-state index in [-0.39, 0.29) is 0 Å². The molecule has 0 spiro atoms. The summed E-state index contributed by atoms with van der Waals surface area (Å²) >= 11 is 3.41. The molecule has 0 fully saturated rings. The highest BCUT2D eigenvalue weighted by Crippen LogP contribution is 2.22. The van der Waals surface area contributed by atoms with Gasteiger partial charge in [-0.15, -0.1) is 0 Å². The Kier molecular flexibility index (Phi) is 2.52. The van der Waals surface area contributed by atoms with E-state index in [9.17, 15) is 0 Å². The quantitative estimate of drug-likeness (QED) is 0.788. The first-order chi connectivity index (χ1) is 7.09. The number of halogens is 1. The molecule has 0 unspecified atom stereocenters. The SMILES string of the molecule is C=[N+]1C(C)=C(C)NN1c1ccc(Br)cc1. The van der Waals surface area contributed by atoms with E-state index in [1.165, 1.54) is 0 Å². The molecular formula is C11H13BrN3+. The zero-order valence-electron chi connectivity index (χ0n) is 8.79. The molecule has 4 heteroatoms. The fraction of sp³-hybridized carbons (Fsp3) is 0.182. The van der Waals surface area contributed by atoms with Crippen LogP contribution in [0.5, 0.6) is 0 Å². The average molecular weight is 267 g/mol. The summed E-state index contributed by atoms with van der Waals surface area (Å²) in [4.78, 5) is 0. The van der Waals surface area contributed by atoms with E-state index < -0.39 is 0 Å². The summed E-state index contributed by atoms with van der Waals surface area (Å²) in [6.45, 7) is 8.05. The van der Waals surface area contributed by atoms with Gasteiger partial charge in [-0.05, 0) is 31.2 Å². The number of nitrogens with zero attached hydrogens (tertiary/aromatic N) is 2. The molecule has 0 bridgehead atoms. The number of anilines is 1. The van der Waals surface area contributed by atoms with Crippen molar-refractivity contribution < 1.29 is 4.68 Å². The molecule has 1 heterocycles. The Balaban J connectivity index is 2.29. The normalized spacial score (nSPS) is 15.9. The van der Waals surface area contributed by atoms with Crippen molar-refractivity contribution in [2.45, 2.75) is 13.8 Å². The predicted molar refractivity (Wildman–Crippen MR) is 65.5 cm³/mol. The summed E-state index contributed by atoms with van der Waals surface area (Å²) in [5, 5.41) is 1.91. The second-order valence-corrected chi connectivity index (χ2v) is 4.43. The Labute approximate surface area is 97.8 Å². The second kappa shape index (κ2) is 3.70. The Morgan fingerprint density at radius 3 is 2.33 bits per heavy atom. The van der Waals surface area contributed by atoms with Crippen LogP contribution in [0.3, 0.4) is 0 Å². The Hall–Kier alpha value is -1.29. The maximum Gasteiger partial charge on any atom is 0.231 e. The minimum absolute atomic E-state index is 1.06. The van der Waals surface area contributed by atoms with Crippen LogP contribution in [-0.4, -0.2) is 11.4 Å². The fourth-order valence-corrected chi connectivity index (χ4v) is 1.69. The third-order valence-electron chi connectivity index (χ3n) is 2.52. The van der Waals surface area contributed by atoms with Crippen molar-refractivity contribution in [2.75, 3.05) is 5.12 Å². The van der Waals surface area contributed by atoms with Crippen LogP contribution in [0.4, 0.5) is 5.69 Å². The first kappa shape index (κ1) is 10.2. The van der Waals surface area contributed by atoms with Crippen molar-refractivity contribution in [2.24, 2.45) is 0 Å². The molecule has 0 atom stereocenters. The topological polar surface area (TPSA) is 18.3 Å². The molecule has 2 rings (SSSR count). The van der Waals surface area contributed by atoms with Crippen LogP contribution >= 0.6 is 15.9 Å². The van der Waals surface area contributed by atoms with Gasteiger partial charge in [-0.2, -0.15) is 0 Å². The highest BCUT2D eigenvalue weighted by Gasteiger charge is 2.28. The lowest BCUT2D eigenvalue weighted by Crippen LogP contribution is -2.36. The molecule has 1 aromatic carbocycles. The number of hydrogen-bond donors (Lipinski definition) is 1. The Bertz CT molecular complexity index is 434. The van der Waals surface area contributed by atoms with E-state index in [1.54, 1.807) is 0 Å². The lowest BCUT2D eigenvalue weighted by Gasteiger charge is -2.13. The van der Waals surface area contributed by atoms with Gasteiger partial charge in [-0.25, -0.2) is 5.43 Å². The standard InChI is InChI=1S/C11H13BrN3/c1-8-9(2)14(3)15(13-8)11-6-4-10(12)5-7-11/h4-7,13H,3H2,1-2H3/q+1. The van der Waals surface area contributed by atoms with Gasteiger partial charge in [-0.1, -0.05) is 25.7 Å². The largest absolute Gasteiger partial charge is 0.243 e. The minimum Gasteiger partial charge on any atom is -0.243 e. The van der Waals surface area contributed by atoms with Crippen molar-refractivity contribution >= 4 is 28.3 Å². The second-order valence-electron chi connectivity index (χ2n) is 3.51. The summed E-state index contributed by atoms with van der Waals surface area (Å²) in [5.41, 5.74) is 6.55. The molecular weight excluding hydrogens is 254 g/mol. The summed E-state index contributed by atoms with van der Waals surface area (Å²) in [5.74, 6) is 0. The molecule has 1 aromatic rings. The van der Waals surface area contributed by atoms with Gasteiger partial charge in [0.2, 0.25) is 5.70 Å². The van der Waals surface area contributed by atoms with Crippen LogP contribution < -0.4 is 10.5 Å². The van der Waals surface area contributed by atoms with Crippen molar-refractivity contribution in [3.8, 4) is 0 Å². The van der Waals surface area contributed by atoms with Crippen LogP contribution in [0.1, 0.15) is 13.8 Å². The van der Waals surface area contributed by atoms with E-state index in [0.717, 1.165) is 21.6 Å². The lowest BCUT2D eigenvalue weighted by atomic mass is 10.3. The van der Waals surface area contributed by atoms with Crippen molar-refractivity contribution in [3.05, 3.63) is 40.1 Å². The number of nitrogens with one attached hydrogen (secondary N) is 1. The van der Waals surface area contributed by atoms with Gasteiger partial charge in [0.15, 0.2) is 6.72 Å². The molecule has 0 aliphatic carbocycles. The predicted octanol–water partition coefficient (Wildman–Crippen LogP) is 2.65. The zero-order chi connectivity index (χ0) is 11.0. The van der Waals surface area contributed by atoms with Crippen molar-refractivity contribution in [1.29, 1.82) is 0 Å². The minimum atomic E-state index is 1.06. The molecule has 0 amide bonds. The molecule has 78 valence electrons. The van der Waals surface area contributed by atoms with Crippen LogP contribution in [0.15, 0.2) is 40.1 Å². The molecule has 0 saturated carbocycles. The van der Waals surface area contributed by atoms with Crippen LogP contribution in [0, 0.1) is 0 Å². The number of benzene rings is 1. The monoisotopic (exact) mass is 266 g/mol. The highest BCUT2D eigenvalue weighted by atomic mass is 79.9. The molecule has 1 aliphatic rings. The lowest BCUT2D eigenvalue weighted by molar-refractivity contribution is -0.478. The molecule has 15 heavy (non-hydrogen) atoms. The van der Waals surface area contributed by atoms with Gasteiger partial charge in [-0.3, -0.25) is 0 Å². The summed E-state index contributed by atoms with van der Waals surface area (Å²) in [6, 6.07) is 8.07. The van der Waals surface area contributed by atoms with E-state index in [4.69, 9.17) is 0 Å². The van der Waals surface area contributed by atoms with Gasteiger partial charge < -0.3 is 0 Å². The van der Waals surface area contributed by atoms with Crippen LogP contribution in [0.2, 0.25) is 0 Å². The van der Waals surface area contributed by atoms with E-state index >= 15 is 0 Å². The molecule has 0 saturated heterocycles. The number of hydrogen-bond acceptors (Lipinski definition) is 2. The summed E-state index contributed by atoms with van der Waals surface area (Å²) < 4.78 is 2.92. The highest BCUT2D eigenvalue weighted by molar-refractivity contribution is 9.10. The molecule has 1 aliphatic heterocycles. The van der Waals surface area contributed by atoms with Crippen LogP contribution in [-0.2, 0) is 0 Å². The van der Waals surface area contributed by atoms with Gasteiger partial charge in [0.05, 0.1) is 0 Å². The van der Waals surface area contributed by atoms with Gasteiger partial charge in [0, 0.05) is 11.4 Å². The zero-order valence-corrected chi connectivity index (χ0v) is 10.4. The maximum atomic E-state index is 3.98. The van der Waals surface area contributed by atoms with E-state index in [1.807, 2.05) is 47.9 Å².